The first-order valence-electron chi connectivity index (χ1n) is 8.25. The van der Waals surface area contributed by atoms with Crippen molar-refractivity contribution in [1.29, 1.82) is 0 Å². The molecule has 5 nitrogen and oxygen atoms in total. The molecule has 0 spiro atoms. The number of pyridine rings is 1. The number of benzene rings is 2. The lowest BCUT2D eigenvalue weighted by Gasteiger charge is -2.05. The Kier molecular flexibility index (Phi) is 3.89. The van der Waals surface area contributed by atoms with Gasteiger partial charge in [0.05, 0.1) is 23.1 Å². The topological polar surface area (TPSA) is 78.0 Å². The van der Waals surface area contributed by atoms with E-state index in [0.29, 0.717) is 11.4 Å². The van der Waals surface area contributed by atoms with Crippen molar-refractivity contribution in [3.8, 4) is 5.75 Å². The number of hydrogen-bond donors (Lipinski definition) is 3. The fourth-order valence-electron chi connectivity index (χ4n) is 2.94. The molecule has 2 aromatic carbocycles. The van der Waals surface area contributed by atoms with Crippen LogP contribution in [0.5, 0.6) is 5.75 Å². The minimum absolute atomic E-state index is 0.0377. The van der Waals surface area contributed by atoms with Gasteiger partial charge in [0.15, 0.2) is 0 Å². The third-order valence-corrected chi connectivity index (χ3v) is 4.23. The summed E-state index contributed by atoms with van der Waals surface area (Å²) in [6.07, 6.45) is 4.83. The van der Waals surface area contributed by atoms with Gasteiger partial charge in [-0.25, -0.2) is 0 Å². The lowest BCUT2D eigenvalue weighted by Crippen LogP contribution is -2.08. The van der Waals surface area contributed by atoms with E-state index in [1.807, 2.05) is 31.2 Å². The van der Waals surface area contributed by atoms with Crippen LogP contribution in [0.4, 0.5) is 5.69 Å². The van der Waals surface area contributed by atoms with Crippen molar-refractivity contribution in [3.63, 3.8) is 0 Å². The molecule has 0 radical (unpaired) electrons. The molecule has 2 heterocycles. The first-order chi connectivity index (χ1) is 12.6. The van der Waals surface area contributed by atoms with Crippen LogP contribution in [0.25, 0.3) is 27.9 Å². The van der Waals surface area contributed by atoms with E-state index in [1.54, 1.807) is 30.5 Å². The Balaban J connectivity index is 1.59. The number of para-hydroxylation sites is 1. The minimum atomic E-state index is -0.327. The normalized spacial score (nSPS) is 11.4. The van der Waals surface area contributed by atoms with Crippen molar-refractivity contribution in [2.24, 2.45) is 0 Å². The molecule has 5 heteroatoms. The molecule has 2 aromatic heterocycles. The molecule has 0 atom stereocenters. The number of phenols is 1. The van der Waals surface area contributed by atoms with E-state index in [2.05, 4.69) is 21.4 Å². The van der Waals surface area contributed by atoms with Gasteiger partial charge in [0, 0.05) is 22.4 Å². The molecule has 0 fully saturated rings. The van der Waals surface area contributed by atoms with E-state index >= 15 is 0 Å². The van der Waals surface area contributed by atoms with Crippen LogP contribution in [0, 0.1) is 6.92 Å². The van der Waals surface area contributed by atoms with Crippen molar-refractivity contribution < 1.29 is 9.90 Å². The molecule has 0 aliphatic rings. The molecule has 128 valence electrons. The van der Waals surface area contributed by atoms with E-state index in [4.69, 9.17) is 0 Å². The number of hydrogen-bond acceptors (Lipinski definition) is 3. The lowest BCUT2D eigenvalue weighted by molar-refractivity contribution is -0.111. The molecule has 0 aliphatic carbocycles. The summed E-state index contributed by atoms with van der Waals surface area (Å²) in [6.45, 7) is 1.89. The quantitative estimate of drug-likeness (QED) is 0.381. The number of aromatic hydroxyl groups is 1. The number of anilines is 1. The van der Waals surface area contributed by atoms with Gasteiger partial charge in [-0.3, -0.25) is 9.78 Å². The van der Waals surface area contributed by atoms with Crippen LogP contribution in [-0.4, -0.2) is 21.0 Å². The van der Waals surface area contributed by atoms with Gasteiger partial charge in [0.1, 0.15) is 5.75 Å². The van der Waals surface area contributed by atoms with E-state index in [9.17, 15) is 9.90 Å². The van der Waals surface area contributed by atoms with Crippen LogP contribution in [0.2, 0.25) is 0 Å². The number of aromatic nitrogens is 2. The number of nitrogens with one attached hydrogen (secondary N) is 2. The molecule has 3 N–H and O–H groups in total. The molecule has 1 amide bonds. The van der Waals surface area contributed by atoms with Crippen molar-refractivity contribution in [1.82, 2.24) is 9.97 Å². The summed E-state index contributed by atoms with van der Waals surface area (Å²) >= 11 is 0. The highest BCUT2D eigenvalue weighted by atomic mass is 16.3. The van der Waals surface area contributed by atoms with Gasteiger partial charge in [-0.1, -0.05) is 24.3 Å². The van der Waals surface area contributed by atoms with E-state index < -0.39 is 0 Å². The zero-order chi connectivity index (χ0) is 18.1. The summed E-state index contributed by atoms with van der Waals surface area (Å²) in [5.74, 6) is -0.289. The summed E-state index contributed by atoms with van der Waals surface area (Å²) in [6, 6.07) is 15.0. The number of carbonyl (C=O) groups is 1. The van der Waals surface area contributed by atoms with Gasteiger partial charge in [-0.05, 0) is 42.8 Å². The maximum atomic E-state index is 12.1. The van der Waals surface area contributed by atoms with Gasteiger partial charge >= 0.3 is 0 Å². The number of aryl methyl sites for hydroxylation is 1. The van der Waals surface area contributed by atoms with E-state index in [0.717, 1.165) is 27.4 Å². The number of fused-ring (bicyclic) bond motifs is 3. The summed E-state index contributed by atoms with van der Waals surface area (Å²) in [4.78, 5) is 19.8. The molecule has 26 heavy (non-hydrogen) atoms. The molecular weight excluding hydrogens is 326 g/mol. The minimum Gasteiger partial charge on any atom is -0.506 e. The van der Waals surface area contributed by atoms with Gasteiger partial charge in [0.2, 0.25) is 5.91 Å². The number of aromatic amines is 1. The van der Waals surface area contributed by atoms with Gasteiger partial charge < -0.3 is 15.4 Å². The van der Waals surface area contributed by atoms with E-state index in [1.165, 1.54) is 6.08 Å². The molecular formula is C21H17N3O2. The second kappa shape index (κ2) is 6.37. The van der Waals surface area contributed by atoms with Crippen molar-refractivity contribution >= 4 is 39.5 Å². The monoisotopic (exact) mass is 343 g/mol. The van der Waals surface area contributed by atoms with Crippen molar-refractivity contribution in [2.45, 2.75) is 6.92 Å². The highest BCUT2D eigenvalue weighted by molar-refractivity contribution is 6.08. The molecule has 0 aliphatic heterocycles. The predicted molar refractivity (Wildman–Crippen MR) is 104 cm³/mol. The molecule has 0 saturated heterocycles. The highest BCUT2D eigenvalue weighted by Gasteiger charge is 2.06. The van der Waals surface area contributed by atoms with Crippen LogP contribution in [0.15, 0.2) is 60.8 Å². The fourth-order valence-corrected chi connectivity index (χ4v) is 2.94. The Labute approximate surface area is 150 Å². The largest absolute Gasteiger partial charge is 0.506 e. The maximum Gasteiger partial charge on any atom is 0.248 e. The number of rotatable bonds is 3. The summed E-state index contributed by atoms with van der Waals surface area (Å²) in [5, 5.41) is 14.7. The Morgan fingerprint density at radius 3 is 2.85 bits per heavy atom. The second-order valence-corrected chi connectivity index (χ2v) is 6.17. The molecule has 4 aromatic rings. The smallest absolute Gasteiger partial charge is 0.248 e. The zero-order valence-electron chi connectivity index (χ0n) is 14.2. The first-order valence-corrected chi connectivity index (χ1v) is 8.25. The average molecular weight is 343 g/mol. The summed E-state index contributed by atoms with van der Waals surface area (Å²) in [7, 11) is 0. The first kappa shape index (κ1) is 15.9. The maximum absolute atomic E-state index is 12.1. The molecule has 0 unspecified atom stereocenters. The van der Waals surface area contributed by atoms with Gasteiger partial charge in [0.25, 0.3) is 0 Å². The highest BCUT2D eigenvalue weighted by Crippen LogP contribution is 2.26. The Bertz CT molecular complexity index is 1160. The van der Waals surface area contributed by atoms with Gasteiger partial charge in [-0.2, -0.15) is 0 Å². The molecule has 0 bridgehead atoms. The second-order valence-electron chi connectivity index (χ2n) is 6.17. The van der Waals surface area contributed by atoms with Crippen molar-refractivity contribution in [3.05, 3.63) is 72.1 Å². The third-order valence-electron chi connectivity index (χ3n) is 4.23. The van der Waals surface area contributed by atoms with Crippen LogP contribution < -0.4 is 5.32 Å². The Morgan fingerprint density at radius 2 is 1.96 bits per heavy atom. The zero-order valence-corrected chi connectivity index (χ0v) is 14.2. The summed E-state index contributed by atoms with van der Waals surface area (Å²) < 4.78 is 0. The third kappa shape index (κ3) is 3.02. The average Bonchev–Trinajstić information content (AvgIpc) is 3.01. The number of carbonyl (C=O) groups excluding carboxylic acids is 1. The predicted octanol–water partition coefficient (Wildman–Crippen LogP) is 4.38. The fraction of sp³-hybridized carbons (Fsp3) is 0.0476. The number of nitrogens with zero attached hydrogens (tertiary/aromatic N) is 1. The van der Waals surface area contributed by atoms with Crippen LogP contribution in [0.1, 0.15) is 11.3 Å². The van der Waals surface area contributed by atoms with Gasteiger partial charge in [-0.15, -0.1) is 0 Å². The number of amides is 1. The lowest BCUT2D eigenvalue weighted by atomic mass is 10.1. The van der Waals surface area contributed by atoms with E-state index in [-0.39, 0.29) is 11.7 Å². The summed E-state index contributed by atoms with van der Waals surface area (Å²) in [5.41, 5.74) is 4.04. The Hall–Kier alpha value is -3.60. The number of phenolic OH excluding ortho intramolecular Hbond substituents is 1. The van der Waals surface area contributed by atoms with Crippen molar-refractivity contribution in [2.75, 3.05) is 5.32 Å². The van der Waals surface area contributed by atoms with Crippen LogP contribution >= 0.6 is 0 Å². The standard InChI is InChI=1S/C21H17N3O2/c1-13-6-8-20(25)18(10-13)24-21(26)9-7-14-11-16-15-4-2-3-5-17(15)23-19(16)12-22-14/h2-12,23,25H,1H3,(H,24,26)/b9-7+. The number of H-pyrrole nitrogens is 1. The van der Waals surface area contributed by atoms with Crippen LogP contribution in [-0.2, 0) is 4.79 Å². The molecule has 0 saturated carbocycles. The molecule has 4 rings (SSSR count). The Morgan fingerprint density at radius 1 is 1.12 bits per heavy atom. The van der Waals surface area contributed by atoms with Crippen LogP contribution in [0.3, 0.4) is 0 Å². The SMILES string of the molecule is Cc1ccc(O)c(NC(=O)/C=C/c2cc3c(cn2)[nH]c2ccccc23)c1.